The highest BCUT2D eigenvalue weighted by atomic mass is 32.1. The van der Waals surface area contributed by atoms with Crippen molar-refractivity contribution in [3.05, 3.63) is 78.8 Å². The largest absolute Gasteiger partial charge is 0.502 e. The number of phenolic OH excluding ortho intramolecular Hbond substituents is 1. The predicted octanol–water partition coefficient (Wildman–Crippen LogP) is 3.90. The van der Waals surface area contributed by atoms with Crippen LogP contribution in [0, 0.1) is 10.1 Å². The van der Waals surface area contributed by atoms with Crippen LogP contribution in [0.5, 0.6) is 5.75 Å². The fourth-order valence-electron chi connectivity index (χ4n) is 4.34. The van der Waals surface area contributed by atoms with Crippen LogP contribution in [0.25, 0.3) is 0 Å². The minimum atomic E-state index is -0.820. The molecule has 0 spiro atoms. The van der Waals surface area contributed by atoms with Gasteiger partial charge in [-0.15, -0.1) is 11.3 Å². The standard InChI is InChI=1S/C22H20N2O6S/c1-11-19(22(27)30-2)20(12-5-6-16(25)15(9-12)24(28)29)21-14(23-11)8-13(10-17(21)26)18-4-3-7-31-18/h3-7,9,13,20,23,25H,8,10H2,1-2H3. The molecule has 0 saturated carbocycles. The van der Waals surface area contributed by atoms with E-state index in [1.165, 1.54) is 25.3 Å². The Morgan fingerprint density at radius 2 is 2.10 bits per heavy atom. The van der Waals surface area contributed by atoms with Gasteiger partial charge in [0.15, 0.2) is 11.5 Å². The number of aromatic hydroxyl groups is 1. The summed E-state index contributed by atoms with van der Waals surface area (Å²) in [7, 11) is 1.25. The SMILES string of the molecule is COC(=O)C1=C(C)NC2=C(C(=O)CC(c3cccs3)C2)C1c1ccc(O)c([N+](=O)[O-])c1. The van der Waals surface area contributed by atoms with Crippen LogP contribution in [0.15, 0.2) is 58.3 Å². The van der Waals surface area contributed by atoms with Gasteiger partial charge in [-0.05, 0) is 36.4 Å². The van der Waals surface area contributed by atoms with Gasteiger partial charge in [0.2, 0.25) is 0 Å². The summed E-state index contributed by atoms with van der Waals surface area (Å²) in [5.74, 6) is -2.02. The van der Waals surface area contributed by atoms with Crippen LogP contribution in [-0.4, -0.2) is 28.9 Å². The molecule has 0 fully saturated rings. The molecular weight excluding hydrogens is 420 g/mol. The van der Waals surface area contributed by atoms with Crippen molar-refractivity contribution in [3.8, 4) is 5.75 Å². The van der Waals surface area contributed by atoms with Crippen molar-refractivity contribution in [2.75, 3.05) is 7.11 Å². The lowest BCUT2D eigenvalue weighted by Gasteiger charge is -2.36. The van der Waals surface area contributed by atoms with Gasteiger partial charge in [-0.1, -0.05) is 12.1 Å². The highest BCUT2D eigenvalue weighted by Crippen LogP contribution is 2.47. The van der Waals surface area contributed by atoms with Gasteiger partial charge >= 0.3 is 11.7 Å². The molecule has 9 heteroatoms. The average molecular weight is 440 g/mol. The van der Waals surface area contributed by atoms with E-state index in [0.717, 1.165) is 4.88 Å². The molecule has 0 radical (unpaired) electrons. The number of esters is 1. The van der Waals surface area contributed by atoms with E-state index in [-0.39, 0.29) is 23.7 Å². The van der Waals surface area contributed by atoms with E-state index in [1.807, 2.05) is 17.5 Å². The number of methoxy groups -OCH3 is 1. The molecule has 0 amide bonds. The summed E-state index contributed by atoms with van der Waals surface area (Å²) in [5.41, 5.74) is 1.77. The van der Waals surface area contributed by atoms with Gasteiger partial charge < -0.3 is 15.2 Å². The topological polar surface area (TPSA) is 119 Å². The van der Waals surface area contributed by atoms with E-state index in [4.69, 9.17) is 4.74 Å². The van der Waals surface area contributed by atoms with E-state index in [2.05, 4.69) is 5.32 Å². The lowest BCUT2D eigenvalue weighted by molar-refractivity contribution is -0.385. The Kier molecular flexibility index (Phi) is 5.36. The van der Waals surface area contributed by atoms with Gasteiger partial charge in [0, 0.05) is 46.2 Å². The van der Waals surface area contributed by atoms with Crippen LogP contribution >= 0.6 is 11.3 Å². The quantitative estimate of drug-likeness (QED) is 0.420. The monoisotopic (exact) mass is 440 g/mol. The zero-order valence-corrected chi connectivity index (χ0v) is 17.7. The smallest absolute Gasteiger partial charge is 0.336 e. The second-order valence-corrected chi connectivity index (χ2v) is 8.51. The number of benzene rings is 1. The molecular formula is C22H20N2O6S. The summed E-state index contributed by atoms with van der Waals surface area (Å²) in [6.07, 6.45) is 0.870. The molecule has 160 valence electrons. The summed E-state index contributed by atoms with van der Waals surface area (Å²) < 4.78 is 4.96. The van der Waals surface area contributed by atoms with Crippen molar-refractivity contribution >= 4 is 28.8 Å². The summed E-state index contributed by atoms with van der Waals surface area (Å²) in [4.78, 5) is 37.7. The summed E-state index contributed by atoms with van der Waals surface area (Å²) in [6.45, 7) is 1.72. The van der Waals surface area contributed by atoms with Crippen molar-refractivity contribution in [3.63, 3.8) is 0 Å². The van der Waals surface area contributed by atoms with Gasteiger partial charge in [0.25, 0.3) is 0 Å². The van der Waals surface area contributed by atoms with Crippen LogP contribution in [0.3, 0.4) is 0 Å². The number of phenols is 1. The molecule has 2 atom stereocenters. The number of hydrogen-bond acceptors (Lipinski definition) is 8. The summed E-state index contributed by atoms with van der Waals surface area (Å²) in [5, 5.41) is 26.4. The molecule has 1 aromatic heterocycles. The first kappa shape index (κ1) is 20.8. The summed E-state index contributed by atoms with van der Waals surface area (Å²) in [6, 6.07) is 7.87. The molecule has 31 heavy (non-hydrogen) atoms. The Morgan fingerprint density at radius 1 is 1.32 bits per heavy atom. The number of rotatable bonds is 4. The molecule has 1 aromatic carbocycles. The van der Waals surface area contributed by atoms with Crippen LogP contribution in [0.2, 0.25) is 0 Å². The zero-order valence-electron chi connectivity index (χ0n) is 16.9. The Hall–Kier alpha value is -3.46. The predicted molar refractivity (Wildman–Crippen MR) is 114 cm³/mol. The highest BCUT2D eigenvalue weighted by Gasteiger charge is 2.42. The maximum absolute atomic E-state index is 13.3. The van der Waals surface area contributed by atoms with Gasteiger partial charge in [-0.3, -0.25) is 14.9 Å². The lowest BCUT2D eigenvalue weighted by atomic mass is 9.72. The Balaban J connectivity index is 1.87. The van der Waals surface area contributed by atoms with Gasteiger partial charge in [-0.25, -0.2) is 4.79 Å². The molecule has 8 nitrogen and oxygen atoms in total. The number of thiophene rings is 1. The third-order valence-electron chi connectivity index (χ3n) is 5.71. The molecule has 2 aromatic rings. The molecule has 2 unspecified atom stereocenters. The minimum Gasteiger partial charge on any atom is -0.502 e. The number of carbonyl (C=O) groups is 2. The van der Waals surface area contributed by atoms with E-state index < -0.39 is 28.2 Å². The molecule has 4 rings (SSSR count). The Bertz CT molecular complexity index is 1150. The second-order valence-electron chi connectivity index (χ2n) is 7.53. The molecule has 2 N–H and O–H groups in total. The first-order valence-corrected chi connectivity index (χ1v) is 10.5. The second kappa shape index (κ2) is 7.99. The van der Waals surface area contributed by atoms with Crippen molar-refractivity contribution in [2.24, 2.45) is 0 Å². The highest BCUT2D eigenvalue weighted by molar-refractivity contribution is 7.10. The number of Topliss-reactive ketones (excluding diaryl/α,β-unsaturated/α-hetero) is 1. The molecule has 0 bridgehead atoms. The molecule has 1 aliphatic heterocycles. The van der Waals surface area contributed by atoms with Crippen molar-refractivity contribution in [1.29, 1.82) is 0 Å². The number of carbonyl (C=O) groups excluding carboxylic acids is 2. The van der Waals surface area contributed by atoms with E-state index in [1.54, 1.807) is 18.3 Å². The van der Waals surface area contributed by atoms with Crippen molar-refractivity contribution < 1.29 is 24.4 Å². The van der Waals surface area contributed by atoms with Crippen LogP contribution < -0.4 is 5.32 Å². The van der Waals surface area contributed by atoms with Gasteiger partial charge in [-0.2, -0.15) is 0 Å². The first-order chi connectivity index (χ1) is 14.8. The number of hydrogen-bond donors (Lipinski definition) is 2. The van der Waals surface area contributed by atoms with Crippen molar-refractivity contribution in [1.82, 2.24) is 5.32 Å². The fraction of sp³-hybridized carbons (Fsp3) is 0.273. The Labute approximate surface area is 182 Å². The zero-order chi connectivity index (χ0) is 22.3. The molecule has 1 aliphatic carbocycles. The first-order valence-electron chi connectivity index (χ1n) is 9.64. The van der Waals surface area contributed by atoms with E-state index in [0.29, 0.717) is 29.0 Å². The lowest BCUT2D eigenvalue weighted by Crippen LogP contribution is -2.35. The number of allylic oxidation sites excluding steroid dienone is 3. The van der Waals surface area contributed by atoms with Gasteiger partial charge in [0.05, 0.1) is 17.6 Å². The number of nitrogens with zero attached hydrogens (tertiary/aromatic N) is 1. The third kappa shape index (κ3) is 3.61. The van der Waals surface area contributed by atoms with Gasteiger partial charge in [0.1, 0.15) is 0 Å². The van der Waals surface area contributed by atoms with E-state index >= 15 is 0 Å². The number of nitrogens with one attached hydrogen (secondary N) is 1. The molecule has 2 heterocycles. The maximum Gasteiger partial charge on any atom is 0.336 e. The maximum atomic E-state index is 13.3. The minimum absolute atomic E-state index is 0.0287. The van der Waals surface area contributed by atoms with E-state index in [9.17, 15) is 24.8 Å². The third-order valence-corrected chi connectivity index (χ3v) is 6.74. The number of dihydropyridines is 1. The Morgan fingerprint density at radius 3 is 2.74 bits per heavy atom. The average Bonchev–Trinajstić information content (AvgIpc) is 3.27. The number of nitro benzene ring substituents is 1. The number of ketones is 1. The number of nitro groups is 1. The van der Waals surface area contributed by atoms with Crippen LogP contribution in [-0.2, 0) is 14.3 Å². The normalized spacial score (nSPS) is 20.9. The molecule has 0 saturated heterocycles. The molecule has 2 aliphatic rings. The number of ether oxygens (including phenoxy) is 1. The fourth-order valence-corrected chi connectivity index (χ4v) is 5.17. The summed E-state index contributed by atoms with van der Waals surface area (Å²) >= 11 is 1.59. The van der Waals surface area contributed by atoms with Crippen LogP contribution in [0.4, 0.5) is 5.69 Å². The van der Waals surface area contributed by atoms with Crippen LogP contribution in [0.1, 0.15) is 42.0 Å². The van der Waals surface area contributed by atoms with Crippen molar-refractivity contribution in [2.45, 2.75) is 31.6 Å².